The van der Waals surface area contributed by atoms with Gasteiger partial charge in [0.1, 0.15) is 30.2 Å². The summed E-state index contributed by atoms with van der Waals surface area (Å²) >= 11 is 1.76. The minimum Gasteiger partial charge on any atom is -0.387 e. The second-order valence-electron chi connectivity index (χ2n) is 7.91. The first-order valence-corrected chi connectivity index (χ1v) is 11.1. The van der Waals surface area contributed by atoms with Crippen LogP contribution in [0.1, 0.15) is 42.7 Å². The lowest BCUT2D eigenvalue weighted by Gasteiger charge is -2.32. The first-order chi connectivity index (χ1) is 14.6. The van der Waals surface area contributed by atoms with Gasteiger partial charge in [-0.15, -0.1) is 11.3 Å². The normalized spacial score (nSPS) is 32.1. The van der Waals surface area contributed by atoms with E-state index in [2.05, 4.69) is 32.5 Å². The number of nitrogen functional groups attached to an aromatic ring is 1. The summed E-state index contributed by atoms with van der Waals surface area (Å²) in [6, 6.07) is 4.23. The summed E-state index contributed by atoms with van der Waals surface area (Å²) in [6.45, 7) is 0.213. The van der Waals surface area contributed by atoms with Gasteiger partial charge < -0.3 is 25.4 Å². The number of aliphatic hydroxyl groups is 2. The van der Waals surface area contributed by atoms with E-state index in [0.29, 0.717) is 17.1 Å². The molecule has 1 saturated heterocycles. The largest absolute Gasteiger partial charge is 0.387 e. The average Bonchev–Trinajstić information content (AvgIpc) is 3.49. The van der Waals surface area contributed by atoms with E-state index in [0.717, 1.165) is 19.3 Å². The second kappa shape index (κ2) is 8.20. The van der Waals surface area contributed by atoms with Gasteiger partial charge in [-0.2, -0.15) is 0 Å². The Hall–Kier alpha value is -2.11. The number of hydrogen-bond donors (Lipinski definition) is 3. The molecule has 6 atom stereocenters. The Morgan fingerprint density at radius 3 is 2.90 bits per heavy atom. The number of imidazole rings is 1. The third kappa shape index (κ3) is 3.48. The van der Waals surface area contributed by atoms with Crippen LogP contribution >= 0.6 is 11.3 Å². The predicted molar refractivity (Wildman–Crippen MR) is 111 cm³/mol. The molecule has 4 N–H and O–H groups in total. The first kappa shape index (κ1) is 19.8. The Balaban J connectivity index is 1.29. The Bertz CT molecular complexity index is 996. The van der Waals surface area contributed by atoms with Crippen molar-refractivity contribution in [2.24, 2.45) is 0 Å². The van der Waals surface area contributed by atoms with Gasteiger partial charge in [0, 0.05) is 10.8 Å². The molecule has 0 spiro atoms. The highest BCUT2D eigenvalue weighted by molar-refractivity contribution is 7.10. The van der Waals surface area contributed by atoms with Crippen LogP contribution in [0, 0.1) is 0 Å². The van der Waals surface area contributed by atoms with Gasteiger partial charge in [-0.1, -0.05) is 18.9 Å². The quantitative estimate of drug-likeness (QED) is 0.558. The highest BCUT2D eigenvalue weighted by Crippen LogP contribution is 2.38. The standard InChI is InChI=1S/C20H25N5O4S/c21-18-15-19(23-9-22-18)25(10-24-15)20-17(27)16(26)13(29-20)8-28-12-5-2-1-4-11(12)14-6-3-7-30-14/h3,6-7,9-13,16-17,20,26-27H,1-2,4-5,8H2,(H2,21,22,23)/t11-,12-,13-,16-,17-,20-/m1/s1. The van der Waals surface area contributed by atoms with Gasteiger partial charge in [-0.25, -0.2) is 15.0 Å². The minimum atomic E-state index is -1.13. The van der Waals surface area contributed by atoms with Crippen LogP contribution in [0.2, 0.25) is 0 Å². The Kier molecular flexibility index (Phi) is 5.42. The van der Waals surface area contributed by atoms with Crippen LogP contribution in [0.25, 0.3) is 11.2 Å². The lowest BCUT2D eigenvalue weighted by Crippen LogP contribution is -2.36. The zero-order valence-electron chi connectivity index (χ0n) is 16.4. The third-order valence-electron chi connectivity index (χ3n) is 6.08. The molecular weight excluding hydrogens is 406 g/mol. The number of ether oxygens (including phenoxy) is 2. The molecule has 0 aromatic carbocycles. The van der Waals surface area contributed by atoms with Crippen LogP contribution in [0.5, 0.6) is 0 Å². The number of aromatic nitrogens is 4. The lowest BCUT2D eigenvalue weighted by atomic mass is 9.85. The number of aliphatic hydroxyl groups excluding tert-OH is 2. The van der Waals surface area contributed by atoms with Gasteiger partial charge in [0.25, 0.3) is 0 Å². The number of nitrogens with two attached hydrogens (primary N) is 1. The number of thiophene rings is 1. The summed E-state index contributed by atoms with van der Waals surface area (Å²) < 4.78 is 13.8. The monoisotopic (exact) mass is 431 g/mol. The fraction of sp³-hybridized carbons (Fsp3) is 0.550. The first-order valence-electron chi connectivity index (χ1n) is 10.2. The molecular formula is C20H25N5O4S. The van der Waals surface area contributed by atoms with E-state index in [4.69, 9.17) is 15.2 Å². The Morgan fingerprint density at radius 1 is 1.20 bits per heavy atom. The number of nitrogens with zero attached hydrogens (tertiary/aromatic N) is 4. The van der Waals surface area contributed by atoms with Crippen LogP contribution in [-0.2, 0) is 9.47 Å². The van der Waals surface area contributed by atoms with Gasteiger partial charge in [-0.05, 0) is 24.3 Å². The summed E-state index contributed by atoms with van der Waals surface area (Å²) in [4.78, 5) is 13.7. The molecule has 9 nitrogen and oxygen atoms in total. The molecule has 0 unspecified atom stereocenters. The topological polar surface area (TPSA) is 129 Å². The molecule has 0 bridgehead atoms. The summed E-state index contributed by atoms with van der Waals surface area (Å²) in [5, 5.41) is 23.3. The van der Waals surface area contributed by atoms with E-state index in [1.165, 1.54) is 24.0 Å². The molecule has 3 aromatic heterocycles. The second-order valence-corrected chi connectivity index (χ2v) is 8.89. The third-order valence-corrected chi connectivity index (χ3v) is 7.09. The number of rotatable bonds is 5. The fourth-order valence-corrected chi connectivity index (χ4v) is 5.41. The molecule has 2 aliphatic rings. The number of anilines is 1. The van der Waals surface area contributed by atoms with Crippen LogP contribution in [-0.4, -0.2) is 60.8 Å². The molecule has 0 amide bonds. The van der Waals surface area contributed by atoms with Crippen molar-refractivity contribution in [3.05, 3.63) is 35.0 Å². The number of hydrogen-bond acceptors (Lipinski definition) is 9. The van der Waals surface area contributed by atoms with Gasteiger partial charge in [0.15, 0.2) is 17.7 Å². The zero-order valence-corrected chi connectivity index (χ0v) is 17.2. The highest BCUT2D eigenvalue weighted by atomic mass is 32.1. The van der Waals surface area contributed by atoms with Gasteiger partial charge in [-0.3, -0.25) is 4.57 Å². The summed E-state index contributed by atoms with van der Waals surface area (Å²) in [7, 11) is 0. The van der Waals surface area contributed by atoms with Gasteiger partial charge in [0.2, 0.25) is 0 Å². The molecule has 5 rings (SSSR count). The van der Waals surface area contributed by atoms with E-state index in [9.17, 15) is 10.2 Å². The van der Waals surface area contributed by atoms with Crippen molar-refractivity contribution in [1.82, 2.24) is 19.5 Å². The molecule has 160 valence electrons. The SMILES string of the molecule is Nc1ncnc2c1ncn2[C@@H]1O[C@H](CO[C@@H]2CCCC[C@H]2c2cccs2)[C@@H](O)[C@H]1O. The summed E-state index contributed by atoms with van der Waals surface area (Å²) in [6.07, 6.45) is 3.66. The van der Waals surface area contributed by atoms with Gasteiger partial charge in [0.05, 0.1) is 19.0 Å². The zero-order chi connectivity index (χ0) is 20.7. The van der Waals surface area contributed by atoms with Crippen molar-refractivity contribution < 1.29 is 19.7 Å². The summed E-state index contributed by atoms with van der Waals surface area (Å²) in [5.74, 6) is 0.624. The molecule has 2 fully saturated rings. The van der Waals surface area contributed by atoms with E-state index in [1.807, 2.05) is 0 Å². The molecule has 1 saturated carbocycles. The van der Waals surface area contributed by atoms with Crippen LogP contribution < -0.4 is 5.73 Å². The van der Waals surface area contributed by atoms with E-state index < -0.39 is 24.5 Å². The van der Waals surface area contributed by atoms with Crippen LogP contribution in [0.15, 0.2) is 30.2 Å². The van der Waals surface area contributed by atoms with E-state index >= 15 is 0 Å². The van der Waals surface area contributed by atoms with E-state index in [-0.39, 0.29) is 18.5 Å². The van der Waals surface area contributed by atoms with Crippen molar-refractivity contribution in [3.8, 4) is 0 Å². The number of fused-ring (bicyclic) bond motifs is 1. The molecule has 10 heteroatoms. The average molecular weight is 432 g/mol. The van der Waals surface area contributed by atoms with Crippen molar-refractivity contribution >= 4 is 28.3 Å². The molecule has 0 radical (unpaired) electrons. The highest BCUT2D eigenvalue weighted by Gasteiger charge is 2.45. The van der Waals surface area contributed by atoms with Gasteiger partial charge >= 0.3 is 0 Å². The Morgan fingerprint density at radius 2 is 2.07 bits per heavy atom. The molecule has 1 aliphatic carbocycles. The van der Waals surface area contributed by atoms with Crippen molar-refractivity contribution in [1.29, 1.82) is 0 Å². The molecule has 1 aliphatic heterocycles. The lowest BCUT2D eigenvalue weighted by molar-refractivity contribution is -0.0898. The Labute approximate surface area is 177 Å². The van der Waals surface area contributed by atoms with Crippen molar-refractivity contribution in [2.45, 2.75) is 62.2 Å². The molecule has 4 heterocycles. The smallest absolute Gasteiger partial charge is 0.167 e. The molecule has 30 heavy (non-hydrogen) atoms. The van der Waals surface area contributed by atoms with Crippen LogP contribution in [0.3, 0.4) is 0 Å². The van der Waals surface area contributed by atoms with Crippen molar-refractivity contribution in [2.75, 3.05) is 12.3 Å². The van der Waals surface area contributed by atoms with E-state index in [1.54, 1.807) is 15.9 Å². The summed E-state index contributed by atoms with van der Waals surface area (Å²) in [5.41, 5.74) is 6.73. The maximum atomic E-state index is 10.6. The van der Waals surface area contributed by atoms with Crippen molar-refractivity contribution in [3.63, 3.8) is 0 Å². The molecule has 3 aromatic rings. The maximum Gasteiger partial charge on any atom is 0.167 e. The predicted octanol–water partition coefficient (Wildman–Crippen LogP) is 1.83. The minimum absolute atomic E-state index is 0.0889. The van der Waals surface area contributed by atoms with Crippen LogP contribution in [0.4, 0.5) is 5.82 Å². The fourth-order valence-electron chi connectivity index (χ4n) is 4.50. The maximum absolute atomic E-state index is 10.6.